The molecule has 6 nitrogen and oxygen atoms in total. The van der Waals surface area contributed by atoms with E-state index in [0.29, 0.717) is 26.1 Å². The second-order valence-electron chi connectivity index (χ2n) is 9.83. The molecule has 0 saturated carbocycles. The van der Waals surface area contributed by atoms with Crippen molar-refractivity contribution in [3.8, 4) is 0 Å². The molecule has 0 aliphatic carbocycles. The summed E-state index contributed by atoms with van der Waals surface area (Å²) in [5.41, 5.74) is -1.10. The summed E-state index contributed by atoms with van der Waals surface area (Å²) in [5.74, 6) is -0.375. The number of hydrogen-bond acceptors (Lipinski definition) is 5. The van der Waals surface area contributed by atoms with Crippen LogP contribution in [-0.2, 0) is 20.8 Å². The Bertz CT molecular complexity index is 706. The van der Waals surface area contributed by atoms with Gasteiger partial charge in [-0.25, -0.2) is 9.59 Å². The summed E-state index contributed by atoms with van der Waals surface area (Å²) in [7, 11) is 0. The highest BCUT2D eigenvalue weighted by Crippen LogP contribution is 2.42. The van der Waals surface area contributed by atoms with Crippen molar-refractivity contribution in [3.05, 3.63) is 35.9 Å². The van der Waals surface area contributed by atoms with Gasteiger partial charge < -0.3 is 14.8 Å². The molecule has 2 rings (SSSR count). The normalized spacial score (nSPS) is 22.0. The summed E-state index contributed by atoms with van der Waals surface area (Å²) in [6.07, 6.45) is -0.000621. The number of rotatable bonds is 6. The van der Waals surface area contributed by atoms with Crippen LogP contribution in [0.2, 0.25) is 0 Å². The number of carbonyl (C=O) groups excluding carboxylic acids is 2. The molecule has 1 aliphatic heterocycles. The van der Waals surface area contributed by atoms with Crippen molar-refractivity contribution in [1.82, 2.24) is 10.2 Å². The Labute approximate surface area is 174 Å². The number of hydrogen-bond donors (Lipinski definition) is 1. The zero-order chi connectivity index (χ0) is 21.9. The minimum atomic E-state index is -1.01. The zero-order valence-electron chi connectivity index (χ0n) is 18.9. The molecule has 1 fully saturated rings. The van der Waals surface area contributed by atoms with Crippen molar-refractivity contribution in [3.63, 3.8) is 0 Å². The third kappa shape index (κ3) is 5.95. The van der Waals surface area contributed by atoms with E-state index in [1.54, 1.807) is 4.90 Å². The van der Waals surface area contributed by atoms with Gasteiger partial charge in [0.1, 0.15) is 16.7 Å². The monoisotopic (exact) mass is 404 g/mol. The standard InChI is InChI=1S/C23H36N2O4/c1-17-16-25(20(27)29-22(5,6)7)23(17,19(26)28-21(2,3)4)13-14-24-15-18-11-9-8-10-12-18/h8-12,17,24H,13-16H2,1-7H3. The van der Waals surface area contributed by atoms with Gasteiger partial charge in [0.2, 0.25) is 0 Å². The van der Waals surface area contributed by atoms with Gasteiger partial charge in [0, 0.05) is 19.0 Å². The van der Waals surface area contributed by atoms with Gasteiger partial charge in [-0.15, -0.1) is 0 Å². The molecule has 1 heterocycles. The lowest BCUT2D eigenvalue weighted by Crippen LogP contribution is -2.73. The quantitative estimate of drug-likeness (QED) is 0.570. The van der Waals surface area contributed by atoms with Gasteiger partial charge in [0.05, 0.1) is 0 Å². The van der Waals surface area contributed by atoms with Gasteiger partial charge >= 0.3 is 12.1 Å². The fraction of sp³-hybridized carbons (Fsp3) is 0.652. The number of ether oxygens (including phenoxy) is 2. The molecule has 1 saturated heterocycles. The van der Waals surface area contributed by atoms with Crippen molar-refractivity contribution in [2.75, 3.05) is 13.1 Å². The first-order chi connectivity index (χ1) is 13.3. The lowest BCUT2D eigenvalue weighted by molar-refractivity contribution is -0.187. The fourth-order valence-corrected chi connectivity index (χ4v) is 3.56. The predicted octanol–water partition coefficient (Wildman–Crippen LogP) is 4.13. The molecule has 29 heavy (non-hydrogen) atoms. The van der Waals surface area contributed by atoms with Crippen molar-refractivity contribution >= 4 is 12.1 Å². The first-order valence-electron chi connectivity index (χ1n) is 10.3. The van der Waals surface area contributed by atoms with Crippen molar-refractivity contribution < 1.29 is 19.1 Å². The molecule has 0 aromatic heterocycles. The lowest BCUT2D eigenvalue weighted by Gasteiger charge is -2.55. The highest BCUT2D eigenvalue weighted by Gasteiger charge is 2.61. The lowest BCUT2D eigenvalue weighted by atomic mass is 9.72. The van der Waals surface area contributed by atoms with Crippen molar-refractivity contribution in [2.24, 2.45) is 5.92 Å². The average Bonchev–Trinajstić information content (AvgIpc) is 2.57. The Morgan fingerprint density at radius 2 is 1.66 bits per heavy atom. The van der Waals surface area contributed by atoms with Crippen LogP contribution in [0.3, 0.4) is 0 Å². The SMILES string of the molecule is CC1CN(C(=O)OC(C)(C)C)C1(CCNCc1ccccc1)C(=O)OC(C)(C)C. The van der Waals surface area contributed by atoms with Gasteiger partial charge in [0.25, 0.3) is 0 Å². The maximum atomic E-state index is 13.2. The maximum Gasteiger partial charge on any atom is 0.411 e. The fourth-order valence-electron chi connectivity index (χ4n) is 3.56. The summed E-state index contributed by atoms with van der Waals surface area (Å²) < 4.78 is 11.3. The first kappa shape index (κ1) is 23.2. The number of nitrogens with zero attached hydrogens (tertiary/aromatic N) is 1. The van der Waals surface area contributed by atoms with Crippen LogP contribution in [0, 0.1) is 5.92 Å². The molecule has 6 heteroatoms. The van der Waals surface area contributed by atoms with E-state index in [1.807, 2.05) is 66.7 Å². The van der Waals surface area contributed by atoms with E-state index in [0.717, 1.165) is 0 Å². The molecule has 2 unspecified atom stereocenters. The third-order valence-corrected chi connectivity index (χ3v) is 4.97. The van der Waals surface area contributed by atoms with Crippen LogP contribution in [0.25, 0.3) is 0 Å². The van der Waals surface area contributed by atoms with Crippen LogP contribution in [0.4, 0.5) is 4.79 Å². The van der Waals surface area contributed by atoms with E-state index in [2.05, 4.69) is 17.4 Å². The van der Waals surface area contributed by atoms with Gasteiger partial charge in [-0.3, -0.25) is 4.90 Å². The molecule has 1 N–H and O–H groups in total. The molecular formula is C23H36N2O4. The molecule has 0 spiro atoms. The molecule has 1 amide bonds. The molecule has 2 atom stereocenters. The Morgan fingerprint density at radius 3 is 2.17 bits per heavy atom. The predicted molar refractivity (Wildman–Crippen MR) is 113 cm³/mol. The van der Waals surface area contributed by atoms with Crippen LogP contribution in [0.1, 0.15) is 60.5 Å². The Hall–Kier alpha value is -2.08. The summed E-state index contributed by atoms with van der Waals surface area (Å²) >= 11 is 0. The number of benzene rings is 1. The van der Waals surface area contributed by atoms with Crippen molar-refractivity contribution in [1.29, 1.82) is 0 Å². The summed E-state index contributed by atoms with van der Waals surface area (Å²) in [5, 5.41) is 3.39. The van der Waals surface area contributed by atoms with Crippen LogP contribution in [0.15, 0.2) is 30.3 Å². The molecule has 0 bridgehead atoms. The number of nitrogens with one attached hydrogen (secondary N) is 1. The van der Waals surface area contributed by atoms with E-state index in [4.69, 9.17) is 9.47 Å². The van der Waals surface area contributed by atoms with Crippen LogP contribution >= 0.6 is 0 Å². The zero-order valence-corrected chi connectivity index (χ0v) is 18.9. The van der Waals surface area contributed by atoms with Crippen LogP contribution < -0.4 is 5.32 Å². The van der Waals surface area contributed by atoms with E-state index >= 15 is 0 Å². The Kier molecular flexibility index (Phi) is 6.99. The summed E-state index contributed by atoms with van der Waals surface area (Å²) in [6.45, 7) is 14.7. The minimum Gasteiger partial charge on any atom is -0.458 e. The highest BCUT2D eigenvalue weighted by molar-refractivity contribution is 5.88. The average molecular weight is 405 g/mol. The van der Waals surface area contributed by atoms with E-state index < -0.39 is 22.8 Å². The number of esters is 1. The van der Waals surface area contributed by atoms with E-state index in [-0.39, 0.29) is 11.9 Å². The minimum absolute atomic E-state index is 0.0107. The van der Waals surface area contributed by atoms with Gasteiger partial charge in [0.15, 0.2) is 0 Å². The summed E-state index contributed by atoms with van der Waals surface area (Å²) in [6, 6.07) is 10.1. The van der Waals surface area contributed by atoms with Gasteiger partial charge in [-0.2, -0.15) is 0 Å². The summed E-state index contributed by atoms with van der Waals surface area (Å²) in [4.78, 5) is 27.6. The molecule has 0 radical (unpaired) electrons. The van der Waals surface area contributed by atoms with Crippen molar-refractivity contribution in [2.45, 2.75) is 78.2 Å². The van der Waals surface area contributed by atoms with Crippen LogP contribution in [-0.4, -0.2) is 46.8 Å². The van der Waals surface area contributed by atoms with E-state index in [1.165, 1.54) is 5.56 Å². The van der Waals surface area contributed by atoms with E-state index in [9.17, 15) is 9.59 Å². The number of likely N-dealkylation sites (tertiary alicyclic amines) is 1. The van der Waals surface area contributed by atoms with Gasteiger partial charge in [-0.05, 0) is 60.1 Å². The second-order valence-corrected chi connectivity index (χ2v) is 9.83. The second kappa shape index (κ2) is 8.74. The Balaban J connectivity index is 2.14. The molecule has 1 aromatic carbocycles. The number of amides is 1. The first-order valence-corrected chi connectivity index (χ1v) is 10.3. The third-order valence-electron chi connectivity index (χ3n) is 4.97. The molecule has 1 aliphatic rings. The number of carbonyl (C=O) groups is 2. The maximum absolute atomic E-state index is 13.2. The molecule has 162 valence electrons. The largest absolute Gasteiger partial charge is 0.458 e. The highest BCUT2D eigenvalue weighted by atomic mass is 16.6. The molecular weight excluding hydrogens is 368 g/mol. The Morgan fingerprint density at radius 1 is 1.07 bits per heavy atom. The smallest absolute Gasteiger partial charge is 0.411 e. The molecule has 1 aromatic rings. The van der Waals surface area contributed by atoms with Gasteiger partial charge in [-0.1, -0.05) is 37.3 Å². The van der Waals surface area contributed by atoms with Crippen LogP contribution in [0.5, 0.6) is 0 Å². The topological polar surface area (TPSA) is 67.9 Å².